The highest BCUT2D eigenvalue weighted by Gasteiger charge is 2.30. The fourth-order valence-corrected chi connectivity index (χ4v) is 4.19. The van der Waals surface area contributed by atoms with Crippen LogP contribution in [0.5, 0.6) is 5.75 Å². The van der Waals surface area contributed by atoms with Crippen LogP contribution in [0, 0.1) is 26.7 Å². The van der Waals surface area contributed by atoms with Crippen LogP contribution in [0.25, 0.3) is 0 Å². The molecule has 6 heteroatoms. The zero-order valence-corrected chi connectivity index (χ0v) is 23.1. The summed E-state index contributed by atoms with van der Waals surface area (Å²) < 4.78 is 5.92. The average molecular weight is 521 g/mol. The van der Waals surface area contributed by atoms with E-state index in [1.165, 1.54) is 0 Å². The first-order chi connectivity index (χ1) is 17.6. The fraction of sp³-hybridized carbons (Fsp3) is 0.355. The largest absolute Gasteiger partial charge is 0.484 e. The smallest absolute Gasteiger partial charge is 0.261 e. The number of hydrogen-bond donors (Lipinski definition) is 1. The van der Waals surface area contributed by atoms with Gasteiger partial charge in [0.05, 0.1) is 0 Å². The lowest BCUT2D eigenvalue weighted by Gasteiger charge is -2.31. The van der Waals surface area contributed by atoms with Crippen LogP contribution in [0.15, 0.2) is 66.7 Å². The minimum atomic E-state index is -0.688. The standard InChI is InChI=1S/C31H37ClN2O3/c1-21(2)18-33-31(36)28(17-25-9-7-6-8-10-25)34(19-26-13-11-22(3)12-14-26)29(35)20-37-27-15-23(4)30(32)24(5)16-27/h6-16,21,28H,17-20H2,1-5H3,(H,33,36)/t28-/m1/s1. The van der Waals surface area contributed by atoms with Gasteiger partial charge in [0.15, 0.2) is 6.61 Å². The first-order valence-electron chi connectivity index (χ1n) is 12.7. The van der Waals surface area contributed by atoms with E-state index in [4.69, 9.17) is 16.3 Å². The molecule has 0 aliphatic carbocycles. The van der Waals surface area contributed by atoms with E-state index in [1.807, 2.05) is 101 Å². The number of nitrogens with zero attached hydrogens (tertiary/aromatic N) is 1. The van der Waals surface area contributed by atoms with Gasteiger partial charge in [0.25, 0.3) is 5.91 Å². The third-order valence-electron chi connectivity index (χ3n) is 6.20. The number of hydrogen-bond acceptors (Lipinski definition) is 3. The Hall–Kier alpha value is -3.31. The van der Waals surface area contributed by atoms with Crippen LogP contribution in [0.4, 0.5) is 0 Å². The highest BCUT2D eigenvalue weighted by atomic mass is 35.5. The van der Waals surface area contributed by atoms with Crippen molar-refractivity contribution in [1.82, 2.24) is 10.2 Å². The molecule has 3 aromatic rings. The molecule has 2 amide bonds. The molecule has 0 fully saturated rings. The summed E-state index contributed by atoms with van der Waals surface area (Å²) in [5.41, 5.74) is 4.84. The summed E-state index contributed by atoms with van der Waals surface area (Å²) in [6.45, 7) is 10.6. The number of nitrogens with one attached hydrogen (secondary N) is 1. The van der Waals surface area contributed by atoms with Gasteiger partial charge in [0.2, 0.25) is 5.91 Å². The number of carbonyl (C=O) groups is 2. The maximum absolute atomic E-state index is 13.7. The number of benzene rings is 3. The summed E-state index contributed by atoms with van der Waals surface area (Å²) in [4.78, 5) is 28.8. The van der Waals surface area contributed by atoms with E-state index >= 15 is 0 Å². The maximum Gasteiger partial charge on any atom is 0.261 e. The minimum Gasteiger partial charge on any atom is -0.484 e. The molecular weight excluding hydrogens is 484 g/mol. The number of carbonyl (C=O) groups excluding carboxylic acids is 2. The monoisotopic (exact) mass is 520 g/mol. The van der Waals surface area contributed by atoms with E-state index in [0.717, 1.165) is 27.8 Å². The van der Waals surface area contributed by atoms with Gasteiger partial charge in [-0.1, -0.05) is 85.6 Å². The first-order valence-corrected chi connectivity index (χ1v) is 13.1. The van der Waals surface area contributed by atoms with Crippen LogP contribution < -0.4 is 10.1 Å². The van der Waals surface area contributed by atoms with Crippen molar-refractivity contribution in [3.63, 3.8) is 0 Å². The predicted molar refractivity (Wildman–Crippen MR) is 150 cm³/mol. The number of halogens is 1. The molecule has 3 aromatic carbocycles. The van der Waals surface area contributed by atoms with Crippen molar-refractivity contribution in [2.45, 2.75) is 53.6 Å². The summed E-state index contributed by atoms with van der Waals surface area (Å²) in [5.74, 6) is 0.442. The molecule has 5 nitrogen and oxygen atoms in total. The summed E-state index contributed by atoms with van der Waals surface area (Å²) in [6.07, 6.45) is 0.404. The normalized spacial score (nSPS) is 11.8. The molecule has 0 saturated heterocycles. The van der Waals surface area contributed by atoms with Crippen molar-refractivity contribution in [3.05, 3.63) is 99.6 Å². The van der Waals surface area contributed by atoms with E-state index in [9.17, 15) is 9.59 Å². The minimum absolute atomic E-state index is 0.170. The first kappa shape index (κ1) is 28.3. The zero-order chi connectivity index (χ0) is 26.9. The Morgan fingerprint density at radius 3 is 2.14 bits per heavy atom. The molecule has 196 valence electrons. The number of ether oxygens (including phenoxy) is 1. The van der Waals surface area contributed by atoms with Crippen molar-refractivity contribution in [2.75, 3.05) is 13.2 Å². The number of rotatable bonds is 11. The van der Waals surface area contributed by atoms with Crippen molar-refractivity contribution < 1.29 is 14.3 Å². The van der Waals surface area contributed by atoms with Gasteiger partial charge >= 0.3 is 0 Å². The Labute approximate surface area is 225 Å². The van der Waals surface area contributed by atoms with E-state index < -0.39 is 6.04 Å². The summed E-state index contributed by atoms with van der Waals surface area (Å²) in [6, 6.07) is 20.8. The Bertz CT molecular complexity index is 1170. The molecule has 37 heavy (non-hydrogen) atoms. The average Bonchev–Trinajstić information content (AvgIpc) is 2.88. The maximum atomic E-state index is 13.7. The molecule has 0 aliphatic heterocycles. The van der Waals surface area contributed by atoms with Gasteiger partial charge in [-0.25, -0.2) is 0 Å². The topological polar surface area (TPSA) is 58.6 Å². The van der Waals surface area contributed by atoms with Crippen LogP contribution in [-0.4, -0.2) is 35.9 Å². The van der Waals surface area contributed by atoms with E-state index in [0.29, 0.717) is 36.2 Å². The fourth-order valence-electron chi connectivity index (χ4n) is 4.08. The molecule has 0 aromatic heterocycles. The Kier molecular flexibility index (Phi) is 10.2. The molecule has 1 atom stereocenters. The summed E-state index contributed by atoms with van der Waals surface area (Å²) in [5, 5.41) is 3.72. The van der Waals surface area contributed by atoms with Crippen LogP contribution in [0.1, 0.15) is 41.7 Å². The van der Waals surface area contributed by atoms with Crippen molar-refractivity contribution >= 4 is 23.4 Å². The number of aryl methyl sites for hydroxylation is 3. The quantitative estimate of drug-likeness (QED) is 0.334. The lowest BCUT2D eigenvalue weighted by molar-refractivity contribution is -0.142. The molecule has 0 radical (unpaired) electrons. The SMILES string of the molecule is Cc1ccc(CN(C(=O)COc2cc(C)c(Cl)c(C)c2)[C@H](Cc2ccccc2)C(=O)NCC(C)C)cc1. The van der Waals surface area contributed by atoms with E-state index in [2.05, 4.69) is 5.32 Å². The van der Waals surface area contributed by atoms with Gasteiger partial charge in [-0.15, -0.1) is 0 Å². The highest BCUT2D eigenvalue weighted by Crippen LogP contribution is 2.26. The molecule has 0 saturated carbocycles. The third-order valence-corrected chi connectivity index (χ3v) is 6.80. The molecule has 0 heterocycles. The van der Waals surface area contributed by atoms with Gasteiger partial charge < -0.3 is 15.0 Å². The molecule has 1 N–H and O–H groups in total. The lowest BCUT2D eigenvalue weighted by Crippen LogP contribution is -2.52. The van der Waals surface area contributed by atoms with Crippen molar-refractivity contribution in [1.29, 1.82) is 0 Å². The summed E-state index contributed by atoms with van der Waals surface area (Å²) >= 11 is 6.29. The van der Waals surface area contributed by atoms with Gasteiger partial charge in [0.1, 0.15) is 11.8 Å². The molecule has 0 aliphatic rings. The summed E-state index contributed by atoms with van der Waals surface area (Å²) in [7, 11) is 0. The second kappa shape index (κ2) is 13.3. The molecular formula is C31H37ClN2O3. The Morgan fingerprint density at radius 2 is 1.54 bits per heavy atom. The van der Waals surface area contributed by atoms with E-state index in [-0.39, 0.29) is 18.4 Å². The van der Waals surface area contributed by atoms with Gasteiger partial charge in [0, 0.05) is 24.5 Å². The number of amides is 2. The van der Waals surface area contributed by atoms with Crippen LogP contribution in [0.2, 0.25) is 5.02 Å². The van der Waals surface area contributed by atoms with Crippen molar-refractivity contribution in [3.8, 4) is 5.75 Å². The van der Waals surface area contributed by atoms with Gasteiger partial charge in [-0.2, -0.15) is 0 Å². The van der Waals surface area contributed by atoms with Crippen LogP contribution in [-0.2, 0) is 22.6 Å². The second-order valence-corrected chi connectivity index (χ2v) is 10.4. The lowest BCUT2D eigenvalue weighted by atomic mass is 10.0. The Morgan fingerprint density at radius 1 is 0.919 bits per heavy atom. The molecule has 3 rings (SSSR count). The van der Waals surface area contributed by atoms with E-state index in [1.54, 1.807) is 4.90 Å². The molecule has 0 spiro atoms. The molecule has 0 bridgehead atoms. The second-order valence-electron chi connectivity index (χ2n) is 10.0. The van der Waals surface area contributed by atoms with Crippen LogP contribution >= 0.6 is 11.6 Å². The molecule has 0 unspecified atom stereocenters. The third kappa shape index (κ3) is 8.36. The Balaban J connectivity index is 1.91. The zero-order valence-electron chi connectivity index (χ0n) is 22.4. The highest BCUT2D eigenvalue weighted by molar-refractivity contribution is 6.32. The van der Waals surface area contributed by atoms with Crippen molar-refractivity contribution in [2.24, 2.45) is 5.92 Å². The van der Waals surface area contributed by atoms with Crippen LogP contribution in [0.3, 0.4) is 0 Å². The predicted octanol–water partition coefficient (Wildman–Crippen LogP) is 6.06. The van der Waals surface area contributed by atoms with Gasteiger partial charge in [-0.05, 0) is 61.1 Å². The van der Waals surface area contributed by atoms with Gasteiger partial charge in [-0.3, -0.25) is 9.59 Å².